The third kappa shape index (κ3) is 4.81. The van der Waals surface area contributed by atoms with Crippen LogP contribution in [-0.4, -0.2) is 48.4 Å². The Bertz CT molecular complexity index is 1190. The molecule has 0 unspecified atom stereocenters. The van der Waals surface area contributed by atoms with Crippen LogP contribution in [0.3, 0.4) is 0 Å². The molecule has 0 aliphatic heterocycles. The van der Waals surface area contributed by atoms with Crippen molar-refractivity contribution in [3.63, 3.8) is 0 Å². The largest absolute Gasteiger partial charge is 0.496 e. The van der Waals surface area contributed by atoms with Crippen LogP contribution >= 0.6 is 0 Å². The van der Waals surface area contributed by atoms with E-state index >= 15 is 0 Å². The topological polar surface area (TPSA) is 93.5 Å². The molecule has 1 aromatic heterocycles. The van der Waals surface area contributed by atoms with Gasteiger partial charge in [0.15, 0.2) is 0 Å². The van der Waals surface area contributed by atoms with Crippen LogP contribution in [0.1, 0.15) is 29.8 Å². The van der Waals surface area contributed by atoms with Crippen LogP contribution < -0.4 is 10.1 Å². The number of imidazole rings is 1. The number of ether oxygens (including phenoxy) is 1. The second-order valence-electron chi connectivity index (χ2n) is 6.89. The molecule has 0 spiro atoms. The molecule has 0 atom stereocenters. The average Bonchev–Trinajstić information content (AvgIpc) is 3.32. The van der Waals surface area contributed by atoms with Crippen LogP contribution in [0.2, 0.25) is 0 Å². The maximum Gasteiger partial charge on any atom is 0.255 e. The van der Waals surface area contributed by atoms with E-state index in [0.717, 1.165) is 0 Å². The molecule has 0 aliphatic rings. The van der Waals surface area contributed by atoms with E-state index < -0.39 is 21.7 Å². The zero-order valence-electron chi connectivity index (χ0n) is 18.1. The first kappa shape index (κ1) is 23.4. The highest BCUT2D eigenvalue weighted by Gasteiger charge is 2.24. The maximum atomic E-state index is 14.5. The van der Waals surface area contributed by atoms with Gasteiger partial charge >= 0.3 is 0 Å². The number of hydrogen-bond acceptors (Lipinski definition) is 5. The molecule has 0 saturated carbocycles. The van der Waals surface area contributed by atoms with Gasteiger partial charge in [0.1, 0.15) is 11.6 Å². The first-order valence-corrected chi connectivity index (χ1v) is 11.5. The summed E-state index contributed by atoms with van der Waals surface area (Å²) < 4.78 is 48.2. The van der Waals surface area contributed by atoms with Gasteiger partial charge in [0, 0.05) is 32.0 Å². The van der Waals surface area contributed by atoms with Crippen molar-refractivity contribution in [3.05, 3.63) is 72.1 Å². The first-order valence-electron chi connectivity index (χ1n) is 10.0. The lowest BCUT2D eigenvalue weighted by Gasteiger charge is -2.19. The number of carbonyl (C=O) groups excluding carboxylic acids is 1. The van der Waals surface area contributed by atoms with Gasteiger partial charge in [-0.05, 0) is 35.9 Å². The summed E-state index contributed by atoms with van der Waals surface area (Å²) >= 11 is 0. The quantitative estimate of drug-likeness (QED) is 0.530. The van der Waals surface area contributed by atoms with Crippen LogP contribution in [0.4, 0.5) is 4.39 Å². The number of nitrogens with zero attached hydrogens (tertiary/aromatic N) is 3. The number of amides is 1. The zero-order chi connectivity index (χ0) is 23.3. The Kier molecular flexibility index (Phi) is 7.26. The number of halogens is 1. The number of carbonyl (C=O) groups is 1. The Labute approximate surface area is 186 Å². The fourth-order valence-corrected chi connectivity index (χ4v) is 4.77. The average molecular weight is 461 g/mol. The van der Waals surface area contributed by atoms with Gasteiger partial charge in [0.2, 0.25) is 10.0 Å². The smallest absolute Gasteiger partial charge is 0.255 e. The molecule has 0 bridgehead atoms. The molecular formula is C22H25FN4O4S. The minimum absolute atomic E-state index is 0.00267. The van der Waals surface area contributed by atoms with Crippen molar-refractivity contribution in [1.82, 2.24) is 19.2 Å². The SMILES string of the molecule is CCN(CC)S(=O)(=O)c1ccc(OC)c(C(=O)NCc2ccc(-n3ccnc3)c(F)c2)c1. The number of rotatable bonds is 9. The minimum Gasteiger partial charge on any atom is -0.496 e. The monoisotopic (exact) mass is 460 g/mol. The van der Waals surface area contributed by atoms with E-state index in [4.69, 9.17) is 4.74 Å². The molecule has 170 valence electrons. The zero-order valence-corrected chi connectivity index (χ0v) is 18.9. The van der Waals surface area contributed by atoms with E-state index in [-0.39, 0.29) is 22.8 Å². The molecule has 2 aromatic carbocycles. The summed E-state index contributed by atoms with van der Waals surface area (Å²) in [5.41, 5.74) is 0.968. The second kappa shape index (κ2) is 9.92. The van der Waals surface area contributed by atoms with Crippen molar-refractivity contribution in [2.75, 3.05) is 20.2 Å². The van der Waals surface area contributed by atoms with E-state index in [2.05, 4.69) is 10.3 Å². The molecule has 1 heterocycles. The number of aromatic nitrogens is 2. The Morgan fingerprint density at radius 2 is 1.94 bits per heavy atom. The number of hydrogen-bond donors (Lipinski definition) is 1. The van der Waals surface area contributed by atoms with Crippen LogP contribution in [0.25, 0.3) is 5.69 Å². The number of methoxy groups -OCH3 is 1. The molecule has 10 heteroatoms. The van der Waals surface area contributed by atoms with Crippen molar-refractivity contribution in [2.24, 2.45) is 0 Å². The predicted octanol–water partition coefficient (Wildman–Crippen LogP) is 2.98. The van der Waals surface area contributed by atoms with Gasteiger partial charge in [-0.25, -0.2) is 17.8 Å². The normalized spacial score (nSPS) is 11.5. The maximum absolute atomic E-state index is 14.5. The first-order chi connectivity index (χ1) is 15.3. The molecule has 0 saturated heterocycles. The summed E-state index contributed by atoms with van der Waals surface area (Å²) in [5.74, 6) is -0.750. The van der Waals surface area contributed by atoms with Crippen molar-refractivity contribution in [1.29, 1.82) is 0 Å². The van der Waals surface area contributed by atoms with Crippen LogP contribution in [-0.2, 0) is 16.6 Å². The van der Waals surface area contributed by atoms with Gasteiger partial charge in [-0.2, -0.15) is 4.31 Å². The van der Waals surface area contributed by atoms with Gasteiger partial charge in [0.05, 0.1) is 29.6 Å². The molecule has 8 nitrogen and oxygen atoms in total. The van der Waals surface area contributed by atoms with Gasteiger partial charge in [-0.3, -0.25) is 4.79 Å². The van der Waals surface area contributed by atoms with E-state index in [1.54, 1.807) is 42.9 Å². The van der Waals surface area contributed by atoms with E-state index in [9.17, 15) is 17.6 Å². The molecule has 0 radical (unpaired) electrons. The number of nitrogens with one attached hydrogen (secondary N) is 1. The van der Waals surface area contributed by atoms with Crippen LogP contribution in [0.15, 0.2) is 60.0 Å². The lowest BCUT2D eigenvalue weighted by Crippen LogP contribution is -2.31. The fraction of sp³-hybridized carbons (Fsp3) is 0.273. The van der Waals surface area contributed by atoms with Crippen molar-refractivity contribution >= 4 is 15.9 Å². The summed E-state index contributed by atoms with van der Waals surface area (Å²) in [4.78, 5) is 16.7. The highest BCUT2D eigenvalue weighted by molar-refractivity contribution is 7.89. The van der Waals surface area contributed by atoms with Gasteiger partial charge in [-0.15, -0.1) is 0 Å². The fourth-order valence-electron chi connectivity index (χ4n) is 3.29. The predicted molar refractivity (Wildman–Crippen MR) is 118 cm³/mol. The molecular weight excluding hydrogens is 435 g/mol. The Balaban J connectivity index is 1.81. The van der Waals surface area contributed by atoms with E-state index in [1.165, 1.54) is 42.0 Å². The van der Waals surface area contributed by atoms with E-state index in [0.29, 0.717) is 24.3 Å². The third-order valence-corrected chi connectivity index (χ3v) is 7.05. The lowest BCUT2D eigenvalue weighted by atomic mass is 10.1. The summed E-state index contributed by atoms with van der Waals surface area (Å²) in [6.45, 7) is 4.17. The Morgan fingerprint density at radius 1 is 1.19 bits per heavy atom. The molecule has 1 amide bonds. The molecule has 0 aliphatic carbocycles. The third-order valence-electron chi connectivity index (χ3n) is 5.01. The number of sulfonamides is 1. The summed E-state index contributed by atoms with van der Waals surface area (Å²) in [7, 11) is -2.34. The van der Waals surface area contributed by atoms with Crippen molar-refractivity contribution in [3.8, 4) is 11.4 Å². The van der Waals surface area contributed by atoms with Crippen LogP contribution in [0, 0.1) is 5.82 Å². The van der Waals surface area contributed by atoms with Crippen molar-refractivity contribution in [2.45, 2.75) is 25.3 Å². The standard InChI is InChI=1S/C22H25FN4O4S/c1-4-27(5-2)32(29,30)17-7-9-21(31-3)18(13-17)22(28)25-14-16-6-8-20(19(23)12-16)26-11-10-24-15-26/h6-13,15H,4-5,14H2,1-3H3,(H,25,28). The molecule has 32 heavy (non-hydrogen) atoms. The van der Waals surface area contributed by atoms with Gasteiger partial charge < -0.3 is 14.6 Å². The molecule has 3 rings (SSSR count). The van der Waals surface area contributed by atoms with Gasteiger partial charge in [-0.1, -0.05) is 19.9 Å². The highest BCUT2D eigenvalue weighted by Crippen LogP contribution is 2.25. The van der Waals surface area contributed by atoms with Crippen LogP contribution in [0.5, 0.6) is 5.75 Å². The Hall–Kier alpha value is -3.24. The summed E-state index contributed by atoms with van der Waals surface area (Å²) in [5, 5.41) is 2.69. The molecule has 3 aromatic rings. The molecule has 1 N–H and O–H groups in total. The summed E-state index contributed by atoms with van der Waals surface area (Å²) in [6, 6.07) is 8.77. The minimum atomic E-state index is -3.74. The van der Waals surface area contributed by atoms with Gasteiger partial charge in [0.25, 0.3) is 5.91 Å². The molecule has 0 fully saturated rings. The van der Waals surface area contributed by atoms with E-state index in [1.807, 2.05) is 0 Å². The highest BCUT2D eigenvalue weighted by atomic mass is 32.2. The second-order valence-corrected chi connectivity index (χ2v) is 8.83. The summed E-state index contributed by atoms with van der Waals surface area (Å²) in [6.07, 6.45) is 4.67. The van der Waals surface area contributed by atoms with Crippen molar-refractivity contribution < 1.29 is 22.3 Å². The number of benzene rings is 2. The Morgan fingerprint density at radius 3 is 2.53 bits per heavy atom. The lowest BCUT2D eigenvalue weighted by molar-refractivity contribution is 0.0947.